The molecule has 2 nitrogen and oxygen atoms in total. The third-order valence-corrected chi connectivity index (χ3v) is 1.99. The average molecular weight is 195 g/mol. The van der Waals surface area contributed by atoms with Gasteiger partial charge in [-0.3, -0.25) is 0 Å². The standard InChI is InChI=1S/C11H14FNO/c1-13(7-2-8-14)9-10-3-5-11(12)6-4-10/h3-6,8H,2,7,9H2,1H3. The van der Waals surface area contributed by atoms with Crippen molar-refractivity contribution >= 4 is 6.29 Å². The number of rotatable bonds is 5. The van der Waals surface area contributed by atoms with Gasteiger partial charge >= 0.3 is 0 Å². The molecule has 1 aromatic carbocycles. The smallest absolute Gasteiger partial charge is 0.123 e. The van der Waals surface area contributed by atoms with E-state index in [9.17, 15) is 9.18 Å². The summed E-state index contributed by atoms with van der Waals surface area (Å²) in [7, 11) is 1.94. The molecule has 76 valence electrons. The Kier molecular flexibility index (Phi) is 4.26. The molecule has 14 heavy (non-hydrogen) atoms. The molecule has 0 fully saturated rings. The molecule has 0 radical (unpaired) electrons. The molecule has 0 saturated carbocycles. The molecule has 0 unspecified atom stereocenters. The van der Waals surface area contributed by atoms with Crippen LogP contribution in [0.15, 0.2) is 24.3 Å². The summed E-state index contributed by atoms with van der Waals surface area (Å²) in [5, 5.41) is 0. The molecule has 0 aliphatic heterocycles. The van der Waals surface area contributed by atoms with Crippen LogP contribution >= 0.6 is 0 Å². The van der Waals surface area contributed by atoms with E-state index in [4.69, 9.17) is 0 Å². The van der Waals surface area contributed by atoms with Gasteiger partial charge in [0.1, 0.15) is 12.1 Å². The highest BCUT2D eigenvalue weighted by molar-refractivity contribution is 5.49. The molecule has 0 amide bonds. The maximum absolute atomic E-state index is 12.6. The van der Waals surface area contributed by atoms with E-state index in [2.05, 4.69) is 0 Å². The lowest BCUT2D eigenvalue weighted by Crippen LogP contribution is -2.19. The minimum atomic E-state index is -0.218. The van der Waals surface area contributed by atoms with E-state index in [0.29, 0.717) is 6.42 Å². The van der Waals surface area contributed by atoms with Crippen LogP contribution < -0.4 is 0 Å². The van der Waals surface area contributed by atoms with Crippen LogP contribution in [0.4, 0.5) is 4.39 Å². The minimum Gasteiger partial charge on any atom is -0.303 e. The molecule has 0 N–H and O–H groups in total. The van der Waals surface area contributed by atoms with Crippen LogP contribution in [-0.4, -0.2) is 24.8 Å². The Bertz CT molecular complexity index is 284. The lowest BCUT2D eigenvalue weighted by atomic mass is 10.2. The summed E-state index contributed by atoms with van der Waals surface area (Å²) < 4.78 is 12.6. The van der Waals surface area contributed by atoms with Crippen LogP contribution in [0.2, 0.25) is 0 Å². The number of hydrogen-bond acceptors (Lipinski definition) is 2. The predicted molar refractivity (Wildman–Crippen MR) is 53.4 cm³/mol. The maximum atomic E-state index is 12.6. The van der Waals surface area contributed by atoms with Crippen molar-refractivity contribution in [2.24, 2.45) is 0 Å². The second-order valence-corrected chi connectivity index (χ2v) is 3.32. The van der Waals surface area contributed by atoms with Crippen molar-refractivity contribution in [3.05, 3.63) is 35.6 Å². The van der Waals surface area contributed by atoms with Crippen LogP contribution in [0.3, 0.4) is 0 Å². The summed E-state index contributed by atoms with van der Waals surface area (Å²) in [6, 6.07) is 6.41. The van der Waals surface area contributed by atoms with Crippen molar-refractivity contribution in [3.8, 4) is 0 Å². The fourth-order valence-corrected chi connectivity index (χ4v) is 1.25. The van der Waals surface area contributed by atoms with E-state index in [1.54, 1.807) is 12.1 Å². The molecule has 0 aliphatic carbocycles. The molecule has 0 atom stereocenters. The van der Waals surface area contributed by atoms with Crippen LogP contribution in [0.1, 0.15) is 12.0 Å². The SMILES string of the molecule is CN(CCC=O)Cc1ccc(F)cc1. The highest BCUT2D eigenvalue weighted by atomic mass is 19.1. The molecule has 0 heterocycles. The van der Waals surface area contributed by atoms with Gasteiger partial charge in [-0.2, -0.15) is 0 Å². The number of benzene rings is 1. The number of carbonyl (C=O) groups is 1. The van der Waals surface area contributed by atoms with E-state index < -0.39 is 0 Å². The topological polar surface area (TPSA) is 20.3 Å². The lowest BCUT2D eigenvalue weighted by Gasteiger charge is -2.14. The zero-order valence-electron chi connectivity index (χ0n) is 8.24. The Labute approximate surface area is 83.3 Å². The van der Waals surface area contributed by atoms with Crippen molar-refractivity contribution in [1.82, 2.24) is 4.90 Å². The Morgan fingerprint density at radius 3 is 2.57 bits per heavy atom. The number of halogens is 1. The minimum absolute atomic E-state index is 0.218. The van der Waals surface area contributed by atoms with E-state index in [0.717, 1.165) is 24.9 Å². The number of carbonyl (C=O) groups excluding carboxylic acids is 1. The highest BCUT2D eigenvalue weighted by Gasteiger charge is 1.99. The third-order valence-electron chi connectivity index (χ3n) is 1.99. The summed E-state index contributed by atoms with van der Waals surface area (Å²) in [5.41, 5.74) is 1.06. The molecule has 0 spiro atoms. The van der Waals surface area contributed by atoms with Crippen molar-refractivity contribution in [2.75, 3.05) is 13.6 Å². The molecule has 1 rings (SSSR count). The Hall–Kier alpha value is -1.22. The van der Waals surface area contributed by atoms with Gasteiger partial charge in [-0.1, -0.05) is 12.1 Å². The van der Waals surface area contributed by atoms with Gasteiger partial charge in [0, 0.05) is 19.5 Å². The van der Waals surface area contributed by atoms with E-state index >= 15 is 0 Å². The van der Waals surface area contributed by atoms with Crippen molar-refractivity contribution in [1.29, 1.82) is 0 Å². The fraction of sp³-hybridized carbons (Fsp3) is 0.364. The van der Waals surface area contributed by atoms with Crippen LogP contribution in [0.25, 0.3) is 0 Å². The van der Waals surface area contributed by atoms with Crippen molar-refractivity contribution in [3.63, 3.8) is 0 Å². The molecule has 0 aromatic heterocycles. The Balaban J connectivity index is 2.43. The Morgan fingerprint density at radius 2 is 2.00 bits per heavy atom. The normalized spacial score (nSPS) is 10.5. The number of hydrogen-bond donors (Lipinski definition) is 0. The van der Waals surface area contributed by atoms with Crippen LogP contribution in [0.5, 0.6) is 0 Å². The van der Waals surface area contributed by atoms with Crippen LogP contribution in [-0.2, 0) is 11.3 Å². The highest BCUT2D eigenvalue weighted by Crippen LogP contribution is 2.05. The molecule has 0 bridgehead atoms. The summed E-state index contributed by atoms with van der Waals surface area (Å²) >= 11 is 0. The zero-order chi connectivity index (χ0) is 10.4. The summed E-state index contributed by atoms with van der Waals surface area (Å²) in [5.74, 6) is -0.218. The average Bonchev–Trinajstić information content (AvgIpc) is 2.18. The number of aldehydes is 1. The molecule has 0 aliphatic rings. The predicted octanol–water partition coefficient (Wildman–Crippen LogP) is 1.85. The molecular formula is C11H14FNO. The van der Waals surface area contributed by atoms with Crippen molar-refractivity contribution in [2.45, 2.75) is 13.0 Å². The van der Waals surface area contributed by atoms with E-state index in [-0.39, 0.29) is 5.82 Å². The largest absolute Gasteiger partial charge is 0.303 e. The first-order valence-corrected chi connectivity index (χ1v) is 4.59. The van der Waals surface area contributed by atoms with Gasteiger partial charge < -0.3 is 9.69 Å². The first-order chi connectivity index (χ1) is 6.72. The summed E-state index contributed by atoms with van der Waals surface area (Å²) in [6.45, 7) is 1.48. The monoisotopic (exact) mass is 195 g/mol. The van der Waals surface area contributed by atoms with Gasteiger partial charge in [-0.25, -0.2) is 4.39 Å². The van der Waals surface area contributed by atoms with Crippen LogP contribution in [0, 0.1) is 5.82 Å². The quantitative estimate of drug-likeness (QED) is 0.668. The zero-order valence-corrected chi connectivity index (χ0v) is 8.24. The van der Waals surface area contributed by atoms with E-state index in [1.165, 1.54) is 12.1 Å². The molecular weight excluding hydrogens is 181 g/mol. The number of nitrogens with zero attached hydrogens (tertiary/aromatic N) is 1. The third kappa shape index (κ3) is 3.66. The maximum Gasteiger partial charge on any atom is 0.123 e. The van der Waals surface area contributed by atoms with Gasteiger partial charge in [0.05, 0.1) is 0 Å². The first kappa shape index (κ1) is 10.9. The lowest BCUT2D eigenvalue weighted by molar-refractivity contribution is -0.108. The molecule has 0 saturated heterocycles. The van der Waals surface area contributed by atoms with Crippen molar-refractivity contribution < 1.29 is 9.18 Å². The van der Waals surface area contributed by atoms with Gasteiger partial charge in [0.25, 0.3) is 0 Å². The second-order valence-electron chi connectivity index (χ2n) is 3.32. The van der Waals surface area contributed by atoms with Gasteiger partial charge in [0.2, 0.25) is 0 Å². The summed E-state index contributed by atoms with van der Waals surface area (Å²) in [4.78, 5) is 12.2. The summed E-state index contributed by atoms with van der Waals surface area (Å²) in [6.07, 6.45) is 1.44. The fourth-order valence-electron chi connectivity index (χ4n) is 1.25. The van der Waals surface area contributed by atoms with Gasteiger partial charge in [-0.15, -0.1) is 0 Å². The first-order valence-electron chi connectivity index (χ1n) is 4.59. The second kappa shape index (κ2) is 5.50. The van der Waals surface area contributed by atoms with Gasteiger partial charge in [0.15, 0.2) is 0 Å². The van der Waals surface area contributed by atoms with Gasteiger partial charge in [-0.05, 0) is 24.7 Å². The van der Waals surface area contributed by atoms with E-state index in [1.807, 2.05) is 11.9 Å². The molecule has 3 heteroatoms. The Morgan fingerprint density at radius 1 is 1.36 bits per heavy atom. The molecule has 1 aromatic rings.